The second-order valence-electron chi connectivity index (χ2n) is 5.57. The number of carbonyl (C=O) groups excluding carboxylic acids is 1. The summed E-state index contributed by atoms with van der Waals surface area (Å²) in [5, 5.41) is 0.448. The molecule has 0 aromatic heterocycles. The second kappa shape index (κ2) is 7.86. The Kier molecular flexibility index (Phi) is 5.59. The number of ether oxygens (including phenoxy) is 3. The standard InChI is InChI=1S/C16H20ClNO5/c17-12-8-11(9-13-16(12)22-7-3-6-20-13)10-14(19)18-23-15-4-1-2-5-21-15/h8-9,15H,1-7,10H2,(H,18,19)/t15-/m0/s1. The predicted molar refractivity (Wildman–Crippen MR) is 83.6 cm³/mol. The highest BCUT2D eigenvalue weighted by atomic mass is 35.5. The molecule has 1 saturated heterocycles. The Hall–Kier alpha value is -1.50. The zero-order chi connectivity index (χ0) is 16.1. The van der Waals surface area contributed by atoms with Gasteiger partial charge in [0, 0.05) is 19.4 Å². The van der Waals surface area contributed by atoms with Crippen molar-refractivity contribution in [2.45, 2.75) is 38.4 Å². The van der Waals surface area contributed by atoms with E-state index in [9.17, 15) is 4.79 Å². The summed E-state index contributed by atoms with van der Waals surface area (Å²) >= 11 is 6.21. The predicted octanol–water partition coefficient (Wildman–Crippen LogP) is 2.62. The van der Waals surface area contributed by atoms with Crippen LogP contribution in [-0.2, 0) is 20.8 Å². The largest absolute Gasteiger partial charge is 0.489 e. The second-order valence-corrected chi connectivity index (χ2v) is 5.98. The van der Waals surface area contributed by atoms with Crippen molar-refractivity contribution in [2.24, 2.45) is 0 Å². The van der Waals surface area contributed by atoms with E-state index in [2.05, 4.69) is 5.48 Å². The van der Waals surface area contributed by atoms with Crippen molar-refractivity contribution in [1.82, 2.24) is 5.48 Å². The SMILES string of the molecule is O=C(Cc1cc(Cl)c2c(c1)OCCCO2)NO[C@H]1CCCCO1. The van der Waals surface area contributed by atoms with Gasteiger partial charge in [0.1, 0.15) is 0 Å². The normalized spacial score (nSPS) is 20.7. The van der Waals surface area contributed by atoms with Gasteiger partial charge in [0.2, 0.25) is 5.91 Å². The quantitative estimate of drug-likeness (QED) is 0.853. The van der Waals surface area contributed by atoms with E-state index in [4.69, 9.17) is 30.6 Å². The average molecular weight is 342 g/mol. The molecule has 1 aromatic carbocycles. The highest BCUT2D eigenvalue weighted by Crippen LogP contribution is 2.38. The third-order valence-corrected chi connectivity index (χ3v) is 3.95. The molecule has 126 valence electrons. The smallest absolute Gasteiger partial charge is 0.248 e. The third kappa shape index (κ3) is 4.50. The van der Waals surface area contributed by atoms with Gasteiger partial charge in [0.15, 0.2) is 17.8 Å². The fourth-order valence-corrected chi connectivity index (χ4v) is 2.83. The molecule has 1 aromatic rings. The Balaban J connectivity index is 1.57. The average Bonchev–Trinajstić information content (AvgIpc) is 2.80. The van der Waals surface area contributed by atoms with Crippen molar-refractivity contribution in [3.8, 4) is 11.5 Å². The Bertz CT molecular complexity index is 560. The molecule has 0 bridgehead atoms. The van der Waals surface area contributed by atoms with E-state index in [0.29, 0.717) is 36.3 Å². The topological polar surface area (TPSA) is 66.0 Å². The molecule has 1 fully saturated rings. The highest BCUT2D eigenvalue weighted by Gasteiger charge is 2.18. The number of benzene rings is 1. The Morgan fingerprint density at radius 1 is 1.22 bits per heavy atom. The molecule has 1 atom stereocenters. The van der Waals surface area contributed by atoms with Crippen LogP contribution >= 0.6 is 11.6 Å². The molecule has 6 nitrogen and oxygen atoms in total. The van der Waals surface area contributed by atoms with Gasteiger partial charge < -0.3 is 14.2 Å². The first-order chi connectivity index (χ1) is 11.2. The zero-order valence-electron chi connectivity index (χ0n) is 12.8. The summed E-state index contributed by atoms with van der Waals surface area (Å²) in [4.78, 5) is 17.3. The molecular weight excluding hydrogens is 322 g/mol. The summed E-state index contributed by atoms with van der Waals surface area (Å²) in [5.74, 6) is 0.860. The summed E-state index contributed by atoms with van der Waals surface area (Å²) in [5.41, 5.74) is 3.17. The van der Waals surface area contributed by atoms with E-state index in [0.717, 1.165) is 31.2 Å². The van der Waals surface area contributed by atoms with Crippen LogP contribution in [0.25, 0.3) is 0 Å². The van der Waals surface area contributed by atoms with Gasteiger partial charge in [0.05, 0.1) is 24.7 Å². The molecule has 2 aliphatic rings. The lowest BCUT2D eigenvalue weighted by atomic mass is 10.1. The summed E-state index contributed by atoms with van der Waals surface area (Å²) in [6, 6.07) is 3.50. The lowest BCUT2D eigenvalue weighted by molar-refractivity contribution is -0.200. The van der Waals surface area contributed by atoms with Crippen LogP contribution in [0, 0.1) is 0 Å². The number of hydrogen-bond donors (Lipinski definition) is 1. The number of halogens is 1. The number of fused-ring (bicyclic) bond motifs is 1. The van der Waals surface area contributed by atoms with Crippen molar-refractivity contribution in [2.75, 3.05) is 19.8 Å². The lowest BCUT2D eigenvalue weighted by Crippen LogP contribution is -2.33. The summed E-state index contributed by atoms with van der Waals surface area (Å²) in [6.45, 7) is 1.81. The van der Waals surface area contributed by atoms with E-state index >= 15 is 0 Å². The molecule has 2 heterocycles. The van der Waals surface area contributed by atoms with Crippen LogP contribution < -0.4 is 15.0 Å². The molecule has 23 heavy (non-hydrogen) atoms. The van der Waals surface area contributed by atoms with E-state index in [1.165, 1.54) is 0 Å². The number of carbonyl (C=O) groups is 1. The van der Waals surface area contributed by atoms with Crippen molar-refractivity contribution in [3.63, 3.8) is 0 Å². The fourth-order valence-electron chi connectivity index (χ4n) is 2.54. The number of hydrogen-bond acceptors (Lipinski definition) is 5. The molecule has 0 spiro atoms. The maximum atomic E-state index is 12.0. The Labute approximate surface area is 139 Å². The van der Waals surface area contributed by atoms with Gasteiger partial charge in [-0.3, -0.25) is 4.79 Å². The molecule has 3 rings (SSSR count). The van der Waals surface area contributed by atoms with Gasteiger partial charge in [0.25, 0.3) is 0 Å². The molecule has 7 heteroatoms. The van der Waals surface area contributed by atoms with Gasteiger partial charge in [-0.15, -0.1) is 0 Å². The van der Waals surface area contributed by atoms with Crippen molar-refractivity contribution in [1.29, 1.82) is 0 Å². The molecule has 1 amide bonds. The van der Waals surface area contributed by atoms with Crippen molar-refractivity contribution >= 4 is 17.5 Å². The van der Waals surface area contributed by atoms with Gasteiger partial charge in [-0.25, -0.2) is 10.3 Å². The van der Waals surface area contributed by atoms with Crippen molar-refractivity contribution < 1.29 is 23.8 Å². The van der Waals surface area contributed by atoms with Crippen LogP contribution in [0.5, 0.6) is 11.5 Å². The molecule has 2 aliphatic heterocycles. The minimum Gasteiger partial charge on any atom is -0.489 e. The molecular formula is C16H20ClNO5. The molecule has 0 unspecified atom stereocenters. The minimum atomic E-state index is -0.361. The first-order valence-electron chi connectivity index (χ1n) is 7.86. The van der Waals surface area contributed by atoms with E-state index < -0.39 is 0 Å². The maximum absolute atomic E-state index is 12.0. The zero-order valence-corrected chi connectivity index (χ0v) is 13.6. The highest BCUT2D eigenvalue weighted by molar-refractivity contribution is 6.32. The maximum Gasteiger partial charge on any atom is 0.248 e. The van der Waals surface area contributed by atoms with Gasteiger partial charge in [-0.2, -0.15) is 0 Å². The first kappa shape index (κ1) is 16.4. The molecule has 0 aliphatic carbocycles. The van der Waals surface area contributed by atoms with Crippen LogP contribution in [0.3, 0.4) is 0 Å². The monoisotopic (exact) mass is 341 g/mol. The van der Waals surface area contributed by atoms with Gasteiger partial charge in [-0.1, -0.05) is 11.6 Å². The van der Waals surface area contributed by atoms with Crippen LogP contribution in [0.15, 0.2) is 12.1 Å². The van der Waals surface area contributed by atoms with Crippen LogP contribution in [-0.4, -0.2) is 32.0 Å². The van der Waals surface area contributed by atoms with Crippen LogP contribution in [0.1, 0.15) is 31.2 Å². The fraction of sp³-hybridized carbons (Fsp3) is 0.562. The van der Waals surface area contributed by atoms with E-state index in [-0.39, 0.29) is 18.6 Å². The molecule has 0 radical (unpaired) electrons. The minimum absolute atomic E-state index is 0.142. The van der Waals surface area contributed by atoms with Crippen LogP contribution in [0.2, 0.25) is 5.02 Å². The van der Waals surface area contributed by atoms with Crippen molar-refractivity contribution in [3.05, 3.63) is 22.7 Å². The van der Waals surface area contributed by atoms with Gasteiger partial charge in [-0.05, 0) is 30.5 Å². The van der Waals surface area contributed by atoms with E-state index in [1.807, 2.05) is 0 Å². The Morgan fingerprint density at radius 2 is 2.09 bits per heavy atom. The summed E-state index contributed by atoms with van der Waals surface area (Å²) in [6.07, 6.45) is 3.44. The van der Waals surface area contributed by atoms with Crippen LogP contribution in [0.4, 0.5) is 0 Å². The third-order valence-electron chi connectivity index (χ3n) is 3.67. The lowest BCUT2D eigenvalue weighted by Gasteiger charge is -2.22. The van der Waals surface area contributed by atoms with Gasteiger partial charge >= 0.3 is 0 Å². The Morgan fingerprint density at radius 3 is 2.91 bits per heavy atom. The molecule has 1 N–H and O–H groups in total. The number of amides is 1. The summed E-state index contributed by atoms with van der Waals surface area (Å²) in [7, 11) is 0. The first-order valence-corrected chi connectivity index (χ1v) is 8.24. The number of hydroxylamine groups is 1. The molecule has 0 saturated carbocycles. The summed E-state index contributed by atoms with van der Waals surface area (Å²) < 4.78 is 16.6. The number of nitrogens with one attached hydrogen (secondary N) is 1. The van der Waals surface area contributed by atoms with E-state index in [1.54, 1.807) is 12.1 Å². The number of rotatable bonds is 4.